The highest BCUT2D eigenvalue weighted by Gasteiger charge is 2.07. The third-order valence-electron chi connectivity index (χ3n) is 2.48. The van der Waals surface area contributed by atoms with Gasteiger partial charge in [-0.2, -0.15) is 0 Å². The molecule has 0 bridgehead atoms. The summed E-state index contributed by atoms with van der Waals surface area (Å²) in [6, 6.07) is 8.98. The largest absolute Gasteiger partial charge is 0.380 e. The van der Waals surface area contributed by atoms with Gasteiger partial charge in [-0.05, 0) is 25.0 Å². The number of nitrogens with one attached hydrogen (secondary N) is 1. The molecule has 1 aromatic rings. The predicted octanol–water partition coefficient (Wildman–Crippen LogP) is 3.10. The first-order valence-corrected chi connectivity index (χ1v) is 4.93. The van der Waals surface area contributed by atoms with Gasteiger partial charge < -0.3 is 5.32 Å². The molecule has 1 nitrogen and oxygen atoms in total. The third-order valence-corrected chi connectivity index (χ3v) is 2.48. The van der Waals surface area contributed by atoms with E-state index in [1.54, 1.807) is 0 Å². The van der Waals surface area contributed by atoms with Crippen LogP contribution in [0.25, 0.3) is 0 Å². The summed E-state index contributed by atoms with van der Waals surface area (Å²) in [6.07, 6.45) is 6.41. The van der Waals surface area contributed by atoms with Crippen molar-refractivity contribution in [3.63, 3.8) is 0 Å². The molecule has 1 heteroatoms. The van der Waals surface area contributed by atoms with Gasteiger partial charge in [-0.3, -0.25) is 0 Å². The third kappa shape index (κ3) is 1.87. The van der Waals surface area contributed by atoms with Gasteiger partial charge >= 0.3 is 0 Å². The molecule has 0 fully saturated rings. The van der Waals surface area contributed by atoms with E-state index in [2.05, 4.69) is 61.8 Å². The lowest BCUT2D eigenvalue weighted by molar-refractivity contribution is 0.739. The Morgan fingerprint density at radius 3 is 2.36 bits per heavy atom. The first-order valence-electron chi connectivity index (χ1n) is 4.93. The Hall–Kier alpha value is -1.50. The molecular weight excluding hydrogens is 170 g/mol. The van der Waals surface area contributed by atoms with E-state index in [1.165, 1.54) is 16.7 Å². The number of benzene rings is 1. The van der Waals surface area contributed by atoms with Crippen LogP contribution in [-0.2, 0) is 0 Å². The molecule has 1 aliphatic rings. The molecule has 0 aliphatic carbocycles. The molecular formula is C13H15N. The maximum atomic E-state index is 3.36. The maximum Gasteiger partial charge on any atom is 0.0695 e. The number of aryl methyl sites for hydroxylation is 1. The van der Waals surface area contributed by atoms with Gasteiger partial charge in [-0.25, -0.2) is 0 Å². The lowest BCUT2D eigenvalue weighted by atomic mass is 10.0. The van der Waals surface area contributed by atoms with Crippen molar-refractivity contribution in [1.82, 2.24) is 5.32 Å². The van der Waals surface area contributed by atoms with Gasteiger partial charge in [-0.1, -0.05) is 42.0 Å². The van der Waals surface area contributed by atoms with Crippen LogP contribution >= 0.6 is 0 Å². The second kappa shape index (κ2) is 3.70. The van der Waals surface area contributed by atoms with Gasteiger partial charge in [0, 0.05) is 6.20 Å². The van der Waals surface area contributed by atoms with Crippen LogP contribution in [0.5, 0.6) is 0 Å². The zero-order valence-corrected chi connectivity index (χ0v) is 8.62. The minimum absolute atomic E-state index is 0.333. The van der Waals surface area contributed by atoms with Crippen LogP contribution in [0, 0.1) is 6.92 Å². The number of hydrogen-bond acceptors (Lipinski definition) is 1. The Morgan fingerprint density at radius 2 is 1.79 bits per heavy atom. The average molecular weight is 185 g/mol. The van der Waals surface area contributed by atoms with Gasteiger partial charge in [0.1, 0.15) is 0 Å². The van der Waals surface area contributed by atoms with Gasteiger partial charge in [0.25, 0.3) is 0 Å². The summed E-state index contributed by atoms with van der Waals surface area (Å²) in [5.41, 5.74) is 3.89. The second-order valence-electron chi connectivity index (χ2n) is 3.80. The standard InChI is InChI=1S/C13H15N/c1-10-3-6-12(7-4-10)13-8-5-11(2)9-14-13/h3-9,13-14H,1-2H3. The normalized spacial score (nSPS) is 20.1. The van der Waals surface area contributed by atoms with Crippen LogP contribution < -0.4 is 5.32 Å². The molecule has 0 saturated carbocycles. The van der Waals surface area contributed by atoms with E-state index in [0.29, 0.717) is 6.04 Å². The lowest BCUT2D eigenvalue weighted by Gasteiger charge is -2.17. The number of dihydropyridines is 1. The molecule has 1 aromatic carbocycles. The molecule has 0 saturated heterocycles. The highest BCUT2D eigenvalue weighted by Crippen LogP contribution is 2.18. The van der Waals surface area contributed by atoms with Crippen molar-refractivity contribution in [2.24, 2.45) is 0 Å². The topological polar surface area (TPSA) is 12.0 Å². The fourth-order valence-corrected chi connectivity index (χ4v) is 1.55. The summed E-state index contributed by atoms with van der Waals surface area (Å²) in [4.78, 5) is 0. The average Bonchev–Trinajstić information content (AvgIpc) is 2.21. The quantitative estimate of drug-likeness (QED) is 0.709. The lowest BCUT2D eigenvalue weighted by Crippen LogP contribution is -2.16. The van der Waals surface area contributed by atoms with Crippen molar-refractivity contribution in [1.29, 1.82) is 0 Å². The summed E-state index contributed by atoms with van der Waals surface area (Å²) < 4.78 is 0. The van der Waals surface area contributed by atoms with Crippen LogP contribution in [0.1, 0.15) is 24.1 Å². The predicted molar refractivity (Wildman–Crippen MR) is 60.0 cm³/mol. The van der Waals surface area contributed by atoms with Crippen molar-refractivity contribution < 1.29 is 0 Å². The molecule has 0 spiro atoms. The summed E-state index contributed by atoms with van der Waals surface area (Å²) in [5.74, 6) is 0. The zero-order chi connectivity index (χ0) is 9.97. The molecule has 14 heavy (non-hydrogen) atoms. The van der Waals surface area contributed by atoms with Gasteiger partial charge in [0.2, 0.25) is 0 Å². The van der Waals surface area contributed by atoms with Crippen molar-refractivity contribution in [3.05, 3.63) is 59.3 Å². The van der Waals surface area contributed by atoms with Gasteiger partial charge in [0.15, 0.2) is 0 Å². The summed E-state index contributed by atoms with van der Waals surface area (Å²) in [6.45, 7) is 4.20. The fraction of sp³-hybridized carbons (Fsp3) is 0.231. The van der Waals surface area contributed by atoms with E-state index in [9.17, 15) is 0 Å². The highest BCUT2D eigenvalue weighted by atomic mass is 14.9. The maximum absolute atomic E-state index is 3.36. The zero-order valence-electron chi connectivity index (χ0n) is 8.62. The summed E-state index contributed by atoms with van der Waals surface area (Å²) >= 11 is 0. The molecule has 1 aliphatic heterocycles. The Bertz CT molecular complexity index is 371. The molecule has 0 radical (unpaired) electrons. The van der Waals surface area contributed by atoms with Gasteiger partial charge in [-0.15, -0.1) is 0 Å². The Kier molecular flexibility index (Phi) is 2.40. The minimum atomic E-state index is 0.333. The molecule has 1 atom stereocenters. The van der Waals surface area contributed by atoms with Crippen molar-refractivity contribution in [3.8, 4) is 0 Å². The number of rotatable bonds is 1. The van der Waals surface area contributed by atoms with Crippen LogP contribution in [0.4, 0.5) is 0 Å². The van der Waals surface area contributed by atoms with E-state index < -0.39 is 0 Å². The minimum Gasteiger partial charge on any atom is -0.380 e. The molecule has 1 heterocycles. The first-order chi connectivity index (χ1) is 6.75. The van der Waals surface area contributed by atoms with E-state index in [-0.39, 0.29) is 0 Å². The molecule has 0 aromatic heterocycles. The first kappa shape index (κ1) is 9.07. The van der Waals surface area contributed by atoms with Crippen LogP contribution in [0.15, 0.2) is 48.2 Å². The second-order valence-corrected chi connectivity index (χ2v) is 3.80. The summed E-state index contributed by atoms with van der Waals surface area (Å²) in [5, 5.41) is 3.36. The van der Waals surface area contributed by atoms with Crippen molar-refractivity contribution in [2.45, 2.75) is 19.9 Å². The van der Waals surface area contributed by atoms with E-state index in [4.69, 9.17) is 0 Å². The molecule has 1 N–H and O–H groups in total. The van der Waals surface area contributed by atoms with Crippen LogP contribution in [-0.4, -0.2) is 0 Å². The fourth-order valence-electron chi connectivity index (χ4n) is 1.55. The van der Waals surface area contributed by atoms with E-state index >= 15 is 0 Å². The molecule has 72 valence electrons. The Morgan fingerprint density at radius 1 is 1.07 bits per heavy atom. The van der Waals surface area contributed by atoms with Crippen molar-refractivity contribution >= 4 is 0 Å². The molecule has 0 amide bonds. The van der Waals surface area contributed by atoms with Crippen molar-refractivity contribution in [2.75, 3.05) is 0 Å². The molecule has 1 unspecified atom stereocenters. The number of hydrogen-bond donors (Lipinski definition) is 1. The van der Waals surface area contributed by atoms with E-state index in [0.717, 1.165) is 0 Å². The summed E-state index contributed by atoms with van der Waals surface area (Å²) in [7, 11) is 0. The van der Waals surface area contributed by atoms with Crippen LogP contribution in [0.3, 0.4) is 0 Å². The Balaban J connectivity index is 2.18. The smallest absolute Gasteiger partial charge is 0.0695 e. The van der Waals surface area contributed by atoms with Gasteiger partial charge in [0.05, 0.1) is 6.04 Å². The Labute approximate surface area is 85.2 Å². The van der Waals surface area contributed by atoms with E-state index in [1.807, 2.05) is 0 Å². The number of allylic oxidation sites excluding steroid dienone is 2. The monoisotopic (exact) mass is 185 g/mol. The van der Waals surface area contributed by atoms with Crippen LogP contribution in [0.2, 0.25) is 0 Å². The molecule has 2 rings (SSSR count). The SMILES string of the molecule is CC1=CNC(c2ccc(C)cc2)C=C1. The highest BCUT2D eigenvalue weighted by molar-refractivity contribution is 5.32.